The molecule has 4 rings (SSSR count). The van der Waals surface area contributed by atoms with E-state index in [9.17, 15) is 0 Å². The van der Waals surface area contributed by atoms with E-state index < -0.39 is 0 Å². The SMILES string of the molecule is Cc1ccc(-n2nnc(-c3nnc4ncccn34)c2C)cc1. The molecule has 0 bridgehead atoms. The first-order valence-electron chi connectivity index (χ1n) is 6.89. The standard InChI is InChI=1S/C15H13N7/c1-10-4-6-12(7-5-10)22-11(2)13(17-20-22)14-18-19-15-16-8-3-9-21(14)15/h3-9H,1-2H3. The maximum Gasteiger partial charge on any atom is 0.255 e. The van der Waals surface area contributed by atoms with Crippen LogP contribution in [0.15, 0.2) is 42.7 Å². The number of fused-ring (bicyclic) bond motifs is 1. The van der Waals surface area contributed by atoms with Crippen LogP contribution in [0.1, 0.15) is 11.3 Å². The lowest BCUT2D eigenvalue weighted by atomic mass is 10.2. The first-order chi connectivity index (χ1) is 10.7. The highest BCUT2D eigenvalue weighted by molar-refractivity contribution is 5.56. The van der Waals surface area contributed by atoms with Crippen LogP contribution in [0.3, 0.4) is 0 Å². The van der Waals surface area contributed by atoms with Crippen LogP contribution in [0.25, 0.3) is 23.0 Å². The number of nitrogens with zero attached hydrogens (tertiary/aromatic N) is 7. The van der Waals surface area contributed by atoms with Gasteiger partial charge in [0.05, 0.1) is 11.4 Å². The number of hydrogen-bond donors (Lipinski definition) is 0. The maximum absolute atomic E-state index is 4.27. The van der Waals surface area contributed by atoms with Crippen LogP contribution >= 0.6 is 0 Å². The monoisotopic (exact) mass is 291 g/mol. The van der Waals surface area contributed by atoms with Gasteiger partial charge in [-0.25, -0.2) is 9.67 Å². The van der Waals surface area contributed by atoms with Gasteiger partial charge in [0.15, 0.2) is 11.5 Å². The summed E-state index contributed by atoms with van der Waals surface area (Å²) in [5.41, 5.74) is 3.77. The Balaban J connectivity index is 1.86. The quantitative estimate of drug-likeness (QED) is 0.564. The Bertz CT molecular complexity index is 950. The molecule has 108 valence electrons. The molecule has 0 saturated heterocycles. The number of hydrogen-bond acceptors (Lipinski definition) is 5. The molecule has 0 aliphatic rings. The summed E-state index contributed by atoms with van der Waals surface area (Å²) in [6.45, 7) is 4.02. The molecule has 0 N–H and O–H groups in total. The molecule has 22 heavy (non-hydrogen) atoms. The number of aromatic nitrogens is 7. The van der Waals surface area contributed by atoms with Crippen LogP contribution in [0, 0.1) is 13.8 Å². The van der Waals surface area contributed by atoms with Gasteiger partial charge >= 0.3 is 0 Å². The summed E-state index contributed by atoms with van der Waals surface area (Å²) >= 11 is 0. The van der Waals surface area contributed by atoms with Gasteiger partial charge in [-0.15, -0.1) is 15.3 Å². The molecule has 3 heterocycles. The van der Waals surface area contributed by atoms with Crippen molar-refractivity contribution in [3.05, 3.63) is 54.0 Å². The van der Waals surface area contributed by atoms with E-state index in [0.717, 1.165) is 11.4 Å². The fourth-order valence-electron chi connectivity index (χ4n) is 2.37. The third-order valence-corrected chi connectivity index (χ3v) is 3.57. The van der Waals surface area contributed by atoms with Crippen LogP contribution in [0.2, 0.25) is 0 Å². The second kappa shape index (κ2) is 4.73. The lowest BCUT2D eigenvalue weighted by Gasteiger charge is -2.03. The zero-order valence-electron chi connectivity index (χ0n) is 12.2. The van der Waals surface area contributed by atoms with E-state index >= 15 is 0 Å². The third kappa shape index (κ3) is 1.86. The third-order valence-electron chi connectivity index (χ3n) is 3.57. The van der Waals surface area contributed by atoms with E-state index in [0.29, 0.717) is 17.3 Å². The van der Waals surface area contributed by atoms with Gasteiger partial charge in [0.25, 0.3) is 5.78 Å². The van der Waals surface area contributed by atoms with Crippen molar-refractivity contribution in [3.8, 4) is 17.2 Å². The zero-order valence-corrected chi connectivity index (χ0v) is 12.2. The highest BCUT2D eigenvalue weighted by atomic mass is 15.4. The van der Waals surface area contributed by atoms with Gasteiger partial charge in [0, 0.05) is 12.4 Å². The average molecular weight is 291 g/mol. The minimum atomic E-state index is 0.543. The minimum absolute atomic E-state index is 0.543. The highest BCUT2D eigenvalue weighted by Crippen LogP contribution is 2.21. The normalized spacial score (nSPS) is 11.2. The summed E-state index contributed by atoms with van der Waals surface area (Å²) in [7, 11) is 0. The van der Waals surface area contributed by atoms with Crippen molar-refractivity contribution >= 4 is 5.78 Å². The number of rotatable bonds is 2. The second-order valence-electron chi connectivity index (χ2n) is 5.08. The lowest BCUT2D eigenvalue weighted by molar-refractivity contribution is 0.785. The van der Waals surface area contributed by atoms with Crippen LogP contribution in [0.5, 0.6) is 0 Å². The summed E-state index contributed by atoms with van der Waals surface area (Å²) < 4.78 is 3.60. The molecular formula is C15H13N7. The molecule has 0 amide bonds. The highest BCUT2D eigenvalue weighted by Gasteiger charge is 2.17. The summed E-state index contributed by atoms with van der Waals surface area (Å²) in [6, 6.07) is 9.97. The molecule has 4 aromatic rings. The van der Waals surface area contributed by atoms with Crippen molar-refractivity contribution in [1.82, 2.24) is 34.6 Å². The van der Waals surface area contributed by atoms with Gasteiger partial charge in [0.1, 0.15) is 0 Å². The van der Waals surface area contributed by atoms with E-state index in [2.05, 4.69) is 32.4 Å². The predicted molar refractivity (Wildman–Crippen MR) is 80.6 cm³/mol. The van der Waals surface area contributed by atoms with E-state index in [-0.39, 0.29) is 0 Å². The van der Waals surface area contributed by atoms with E-state index in [4.69, 9.17) is 0 Å². The zero-order chi connectivity index (χ0) is 15.1. The molecule has 3 aromatic heterocycles. The molecule has 0 aliphatic carbocycles. The van der Waals surface area contributed by atoms with Crippen molar-refractivity contribution in [2.75, 3.05) is 0 Å². The minimum Gasteiger partial charge on any atom is -0.265 e. The second-order valence-corrected chi connectivity index (χ2v) is 5.08. The van der Waals surface area contributed by atoms with Crippen LogP contribution < -0.4 is 0 Å². The number of benzene rings is 1. The van der Waals surface area contributed by atoms with Crippen molar-refractivity contribution < 1.29 is 0 Å². The van der Waals surface area contributed by atoms with Crippen molar-refractivity contribution in [1.29, 1.82) is 0 Å². The van der Waals surface area contributed by atoms with Gasteiger partial charge in [-0.3, -0.25) is 4.40 Å². The summed E-state index contributed by atoms with van der Waals surface area (Å²) in [5.74, 6) is 1.18. The fourth-order valence-corrected chi connectivity index (χ4v) is 2.37. The largest absolute Gasteiger partial charge is 0.265 e. The van der Waals surface area contributed by atoms with Gasteiger partial charge < -0.3 is 0 Å². The molecule has 0 aliphatic heterocycles. The topological polar surface area (TPSA) is 73.8 Å². The smallest absolute Gasteiger partial charge is 0.255 e. The van der Waals surface area contributed by atoms with Crippen LogP contribution in [-0.2, 0) is 0 Å². The predicted octanol–water partition coefficient (Wildman–Crippen LogP) is 1.99. The Morgan fingerprint density at radius 2 is 1.77 bits per heavy atom. The molecule has 0 radical (unpaired) electrons. The van der Waals surface area contributed by atoms with Crippen molar-refractivity contribution in [2.24, 2.45) is 0 Å². The van der Waals surface area contributed by atoms with Crippen molar-refractivity contribution in [2.45, 2.75) is 13.8 Å². The molecule has 0 unspecified atom stereocenters. The lowest BCUT2D eigenvalue weighted by Crippen LogP contribution is -1.99. The Morgan fingerprint density at radius 3 is 2.59 bits per heavy atom. The Morgan fingerprint density at radius 1 is 0.955 bits per heavy atom. The summed E-state index contributed by atoms with van der Waals surface area (Å²) in [4.78, 5) is 4.17. The first kappa shape index (κ1) is 12.6. The summed E-state index contributed by atoms with van der Waals surface area (Å²) in [6.07, 6.45) is 3.55. The van der Waals surface area contributed by atoms with Crippen LogP contribution in [0.4, 0.5) is 0 Å². The molecule has 7 heteroatoms. The first-order valence-corrected chi connectivity index (χ1v) is 6.89. The molecule has 0 atom stereocenters. The van der Waals surface area contributed by atoms with Gasteiger partial charge in [-0.1, -0.05) is 22.9 Å². The molecule has 7 nitrogen and oxygen atoms in total. The molecule has 0 fully saturated rings. The van der Waals surface area contributed by atoms with Crippen LogP contribution in [-0.4, -0.2) is 34.6 Å². The van der Waals surface area contributed by atoms with Gasteiger partial charge in [0.2, 0.25) is 0 Å². The van der Waals surface area contributed by atoms with E-state index in [1.807, 2.05) is 43.5 Å². The fraction of sp³-hybridized carbons (Fsp3) is 0.133. The molecule has 0 saturated carbocycles. The van der Waals surface area contributed by atoms with E-state index in [1.54, 1.807) is 15.3 Å². The Hall–Kier alpha value is -3.09. The Labute approximate surface area is 126 Å². The number of aryl methyl sites for hydroxylation is 1. The van der Waals surface area contributed by atoms with Gasteiger partial charge in [-0.2, -0.15) is 0 Å². The Kier molecular flexibility index (Phi) is 2.72. The molecule has 0 spiro atoms. The average Bonchev–Trinajstić information content (AvgIpc) is 3.12. The molecular weight excluding hydrogens is 278 g/mol. The maximum atomic E-state index is 4.27. The summed E-state index contributed by atoms with van der Waals surface area (Å²) in [5, 5.41) is 16.7. The molecule has 1 aromatic carbocycles. The van der Waals surface area contributed by atoms with E-state index in [1.165, 1.54) is 5.56 Å². The van der Waals surface area contributed by atoms with Crippen molar-refractivity contribution in [3.63, 3.8) is 0 Å². The van der Waals surface area contributed by atoms with Gasteiger partial charge in [-0.05, 0) is 32.0 Å².